The minimum atomic E-state index is -4.44. The summed E-state index contributed by atoms with van der Waals surface area (Å²) in [6.45, 7) is 1.49. The van der Waals surface area contributed by atoms with E-state index in [4.69, 9.17) is 4.74 Å². The van der Waals surface area contributed by atoms with E-state index < -0.39 is 17.6 Å². The van der Waals surface area contributed by atoms with Crippen molar-refractivity contribution in [3.8, 4) is 5.75 Å². The van der Waals surface area contributed by atoms with E-state index in [-0.39, 0.29) is 18.4 Å². The van der Waals surface area contributed by atoms with Crippen molar-refractivity contribution in [1.82, 2.24) is 5.32 Å². The fourth-order valence-corrected chi connectivity index (χ4v) is 2.54. The zero-order chi connectivity index (χ0) is 16.2. The van der Waals surface area contributed by atoms with Gasteiger partial charge in [0.15, 0.2) is 6.61 Å². The predicted molar refractivity (Wildman–Crippen MR) is 77.8 cm³/mol. The molecule has 3 nitrogen and oxygen atoms in total. The fourth-order valence-electron chi connectivity index (χ4n) is 1.80. The Labute approximate surface area is 129 Å². The van der Waals surface area contributed by atoms with E-state index >= 15 is 0 Å². The Hall–Kier alpha value is -2.02. The summed E-state index contributed by atoms with van der Waals surface area (Å²) in [6, 6.07) is 8.04. The molecule has 1 amide bonds. The standard InChI is InChI=1S/C15H14F3NO2S/c1-10(13-6-3-7-22-13)19-14(20)9-21-12-5-2-4-11(8-12)15(16,17)18/h2-8,10H,9H2,1H3,(H,19,20). The van der Waals surface area contributed by atoms with Crippen molar-refractivity contribution in [2.45, 2.75) is 19.1 Å². The largest absolute Gasteiger partial charge is 0.484 e. The number of amides is 1. The van der Waals surface area contributed by atoms with Gasteiger partial charge in [-0.25, -0.2) is 0 Å². The van der Waals surface area contributed by atoms with Gasteiger partial charge in [0.2, 0.25) is 0 Å². The van der Waals surface area contributed by atoms with Gasteiger partial charge in [-0.3, -0.25) is 4.79 Å². The number of hydrogen-bond acceptors (Lipinski definition) is 3. The normalized spacial score (nSPS) is 12.7. The van der Waals surface area contributed by atoms with Crippen molar-refractivity contribution in [2.75, 3.05) is 6.61 Å². The van der Waals surface area contributed by atoms with Crippen LogP contribution in [0.4, 0.5) is 13.2 Å². The van der Waals surface area contributed by atoms with E-state index in [1.54, 1.807) is 0 Å². The number of carbonyl (C=O) groups is 1. The van der Waals surface area contributed by atoms with Crippen LogP contribution < -0.4 is 10.1 Å². The second-order valence-electron chi connectivity index (χ2n) is 4.62. The van der Waals surface area contributed by atoms with Crippen LogP contribution in [0.3, 0.4) is 0 Å². The first-order valence-electron chi connectivity index (χ1n) is 6.49. The Morgan fingerprint density at radius 1 is 1.32 bits per heavy atom. The fraction of sp³-hybridized carbons (Fsp3) is 0.267. The molecule has 0 saturated heterocycles. The molecular weight excluding hydrogens is 315 g/mol. The van der Waals surface area contributed by atoms with Crippen molar-refractivity contribution in [2.24, 2.45) is 0 Å². The van der Waals surface area contributed by atoms with Gasteiger partial charge in [0.25, 0.3) is 5.91 Å². The Morgan fingerprint density at radius 2 is 2.09 bits per heavy atom. The van der Waals surface area contributed by atoms with Crippen molar-refractivity contribution in [3.05, 3.63) is 52.2 Å². The molecule has 1 aromatic carbocycles. The third kappa shape index (κ3) is 4.49. The van der Waals surface area contributed by atoms with Gasteiger partial charge in [-0.05, 0) is 36.6 Å². The second-order valence-corrected chi connectivity index (χ2v) is 5.60. The van der Waals surface area contributed by atoms with Crippen molar-refractivity contribution < 1.29 is 22.7 Å². The zero-order valence-electron chi connectivity index (χ0n) is 11.7. The van der Waals surface area contributed by atoms with Crippen LogP contribution in [-0.2, 0) is 11.0 Å². The first-order chi connectivity index (χ1) is 10.4. The average Bonchev–Trinajstić information content (AvgIpc) is 2.99. The van der Waals surface area contributed by atoms with Crippen LogP contribution in [0.2, 0.25) is 0 Å². The lowest BCUT2D eigenvalue weighted by atomic mass is 10.2. The van der Waals surface area contributed by atoms with E-state index in [0.29, 0.717) is 0 Å². The molecule has 7 heteroatoms. The zero-order valence-corrected chi connectivity index (χ0v) is 12.5. The van der Waals surface area contributed by atoms with Crippen LogP contribution in [0.15, 0.2) is 41.8 Å². The molecule has 0 spiro atoms. The Balaban J connectivity index is 1.89. The molecule has 1 heterocycles. The Kier molecular flexibility index (Phi) is 5.07. The molecule has 1 unspecified atom stereocenters. The van der Waals surface area contributed by atoms with Crippen LogP contribution in [-0.4, -0.2) is 12.5 Å². The molecule has 0 saturated carbocycles. The number of halogens is 3. The van der Waals surface area contributed by atoms with Gasteiger partial charge in [0.1, 0.15) is 5.75 Å². The smallest absolute Gasteiger partial charge is 0.416 e. The maximum absolute atomic E-state index is 12.6. The van der Waals surface area contributed by atoms with E-state index in [1.807, 2.05) is 24.4 Å². The number of benzene rings is 1. The van der Waals surface area contributed by atoms with Crippen molar-refractivity contribution in [3.63, 3.8) is 0 Å². The molecular formula is C15H14F3NO2S. The highest BCUT2D eigenvalue weighted by Crippen LogP contribution is 2.31. The van der Waals surface area contributed by atoms with Gasteiger partial charge in [0.05, 0.1) is 11.6 Å². The number of nitrogens with one attached hydrogen (secondary N) is 1. The molecule has 0 aliphatic carbocycles. The van der Waals surface area contributed by atoms with Crippen molar-refractivity contribution >= 4 is 17.2 Å². The lowest BCUT2D eigenvalue weighted by Crippen LogP contribution is -2.30. The summed E-state index contributed by atoms with van der Waals surface area (Å²) < 4.78 is 42.8. The van der Waals surface area contributed by atoms with E-state index in [2.05, 4.69) is 5.32 Å². The molecule has 2 rings (SSSR count). The van der Waals surface area contributed by atoms with E-state index in [9.17, 15) is 18.0 Å². The molecule has 1 atom stereocenters. The topological polar surface area (TPSA) is 38.3 Å². The number of carbonyl (C=O) groups excluding carboxylic acids is 1. The molecule has 0 bridgehead atoms. The monoisotopic (exact) mass is 329 g/mol. The number of rotatable bonds is 5. The summed E-state index contributed by atoms with van der Waals surface area (Å²) in [7, 11) is 0. The minimum Gasteiger partial charge on any atom is -0.484 e. The number of thiophene rings is 1. The molecule has 0 fully saturated rings. The summed E-state index contributed by atoms with van der Waals surface area (Å²) in [5.41, 5.74) is -0.808. The lowest BCUT2D eigenvalue weighted by molar-refractivity contribution is -0.137. The summed E-state index contributed by atoms with van der Waals surface area (Å²) in [6.07, 6.45) is -4.44. The van der Waals surface area contributed by atoms with Crippen molar-refractivity contribution in [1.29, 1.82) is 0 Å². The molecule has 1 N–H and O–H groups in total. The van der Waals surface area contributed by atoms with Crippen LogP contribution in [0.5, 0.6) is 5.75 Å². The molecule has 2 aromatic rings. The molecule has 0 radical (unpaired) electrons. The summed E-state index contributed by atoms with van der Waals surface area (Å²) in [4.78, 5) is 12.7. The van der Waals surface area contributed by atoms with Crippen LogP contribution in [0, 0.1) is 0 Å². The first-order valence-corrected chi connectivity index (χ1v) is 7.37. The maximum Gasteiger partial charge on any atom is 0.416 e. The highest BCUT2D eigenvalue weighted by atomic mass is 32.1. The Bertz CT molecular complexity index is 626. The Morgan fingerprint density at radius 3 is 2.73 bits per heavy atom. The SMILES string of the molecule is CC(NC(=O)COc1cccc(C(F)(F)F)c1)c1cccs1. The van der Waals surface area contributed by atoms with Crippen LogP contribution in [0.25, 0.3) is 0 Å². The lowest BCUT2D eigenvalue weighted by Gasteiger charge is -2.13. The van der Waals surface area contributed by atoms with Gasteiger partial charge in [0, 0.05) is 4.88 Å². The van der Waals surface area contributed by atoms with Gasteiger partial charge in [-0.1, -0.05) is 12.1 Å². The van der Waals surface area contributed by atoms with Gasteiger partial charge in [-0.2, -0.15) is 13.2 Å². The number of hydrogen-bond donors (Lipinski definition) is 1. The third-order valence-corrected chi connectivity index (χ3v) is 3.93. The summed E-state index contributed by atoms with van der Waals surface area (Å²) in [5.74, 6) is -0.382. The number of ether oxygens (including phenoxy) is 1. The summed E-state index contributed by atoms with van der Waals surface area (Å²) >= 11 is 1.51. The van der Waals surface area contributed by atoms with Gasteiger partial charge < -0.3 is 10.1 Å². The van der Waals surface area contributed by atoms with Crippen LogP contribution >= 0.6 is 11.3 Å². The minimum absolute atomic E-state index is 0.00810. The predicted octanol–water partition coefficient (Wildman–Crippen LogP) is 4.02. The quantitative estimate of drug-likeness (QED) is 0.900. The molecule has 1 aromatic heterocycles. The molecule has 22 heavy (non-hydrogen) atoms. The third-order valence-electron chi connectivity index (χ3n) is 2.88. The first kappa shape index (κ1) is 16.4. The maximum atomic E-state index is 12.6. The number of alkyl halides is 3. The molecule has 118 valence electrons. The average molecular weight is 329 g/mol. The van der Waals surface area contributed by atoms with Gasteiger partial charge in [-0.15, -0.1) is 11.3 Å². The summed E-state index contributed by atoms with van der Waals surface area (Å²) in [5, 5.41) is 4.62. The van der Waals surface area contributed by atoms with Gasteiger partial charge >= 0.3 is 6.18 Å². The molecule has 0 aliphatic heterocycles. The highest BCUT2D eigenvalue weighted by molar-refractivity contribution is 7.10. The highest BCUT2D eigenvalue weighted by Gasteiger charge is 2.30. The second kappa shape index (κ2) is 6.83. The van der Waals surface area contributed by atoms with E-state index in [1.165, 1.54) is 23.5 Å². The van der Waals surface area contributed by atoms with E-state index in [0.717, 1.165) is 17.0 Å². The molecule has 0 aliphatic rings. The van der Waals surface area contributed by atoms with Crippen LogP contribution in [0.1, 0.15) is 23.4 Å².